The summed E-state index contributed by atoms with van der Waals surface area (Å²) >= 11 is 19.0. The molecule has 2 aliphatic carbocycles. The SMILES string of the molecule is CC(C)(Sc1nnc(Br)n1-c1sc(C2=CCC(Cl)C(Cl)=C2)c2c1CCCC2)C(=O)O. The molecule has 0 bridgehead atoms. The van der Waals surface area contributed by atoms with E-state index in [9.17, 15) is 9.90 Å². The van der Waals surface area contributed by atoms with Crippen LogP contribution in [-0.2, 0) is 17.6 Å². The van der Waals surface area contributed by atoms with Gasteiger partial charge in [-0.1, -0.05) is 29.4 Å². The maximum Gasteiger partial charge on any atom is 0.319 e. The quantitative estimate of drug-likeness (QED) is 0.344. The third kappa shape index (κ3) is 4.13. The first-order valence-electron chi connectivity index (χ1n) is 9.59. The first-order chi connectivity index (χ1) is 14.2. The maximum atomic E-state index is 11.7. The first-order valence-corrected chi connectivity index (χ1v) is 12.8. The fourth-order valence-corrected chi connectivity index (χ4v) is 6.97. The normalized spacial score (nSPS) is 19.3. The molecule has 2 aromatic rings. The van der Waals surface area contributed by atoms with E-state index in [4.69, 9.17) is 23.2 Å². The van der Waals surface area contributed by atoms with Gasteiger partial charge in [0.1, 0.15) is 9.75 Å². The molecule has 0 radical (unpaired) electrons. The monoisotopic (exact) mass is 547 g/mol. The lowest BCUT2D eigenvalue weighted by molar-refractivity contribution is -0.138. The number of carbonyl (C=O) groups is 1. The smallest absolute Gasteiger partial charge is 0.319 e. The van der Waals surface area contributed by atoms with Crippen LogP contribution in [0.25, 0.3) is 10.6 Å². The van der Waals surface area contributed by atoms with Crippen molar-refractivity contribution in [2.75, 3.05) is 0 Å². The molecule has 2 aromatic heterocycles. The molecule has 0 amide bonds. The zero-order valence-electron chi connectivity index (χ0n) is 16.4. The van der Waals surface area contributed by atoms with Gasteiger partial charge in [0.25, 0.3) is 0 Å². The van der Waals surface area contributed by atoms with E-state index in [1.54, 1.807) is 25.2 Å². The van der Waals surface area contributed by atoms with Crippen molar-refractivity contribution in [3.8, 4) is 5.00 Å². The van der Waals surface area contributed by atoms with Gasteiger partial charge in [0.2, 0.25) is 4.73 Å². The standard InChI is InChI=1S/C20H20BrCl2N3O2S2/c1-20(2,17(27)28)30-19-25-24-18(21)26(19)16-12-6-4-3-5-11(12)15(29-16)10-7-8-13(22)14(23)9-10/h7,9,13H,3-6,8H2,1-2H3,(H,27,28). The molecule has 4 rings (SSSR count). The summed E-state index contributed by atoms with van der Waals surface area (Å²) in [6, 6.07) is 0. The number of fused-ring (bicyclic) bond motifs is 1. The summed E-state index contributed by atoms with van der Waals surface area (Å²) in [4.78, 5) is 12.9. The third-order valence-electron chi connectivity index (χ3n) is 5.26. The van der Waals surface area contributed by atoms with Gasteiger partial charge in [-0.25, -0.2) is 0 Å². The number of alkyl halides is 1. The van der Waals surface area contributed by atoms with Gasteiger partial charge in [0.05, 0.1) is 5.38 Å². The van der Waals surface area contributed by atoms with Crippen molar-refractivity contribution in [2.45, 2.75) is 61.2 Å². The summed E-state index contributed by atoms with van der Waals surface area (Å²) in [6.45, 7) is 3.34. The molecule has 30 heavy (non-hydrogen) atoms. The highest BCUT2D eigenvalue weighted by atomic mass is 79.9. The third-order valence-corrected chi connectivity index (χ3v) is 9.11. The van der Waals surface area contributed by atoms with Crippen LogP contribution in [0.2, 0.25) is 0 Å². The highest BCUT2D eigenvalue weighted by Crippen LogP contribution is 2.45. The number of nitrogens with zero attached hydrogens (tertiary/aromatic N) is 3. The molecule has 1 unspecified atom stereocenters. The molecule has 10 heteroatoms. The predicted octanol–water partition coefficient (Wildman–Crippen LogP) is 6.44. The zero-order valence-corrected chi connectivity index (χ0v) is 21.1. The molecule has 0 fully saturated rings. The van der Waals surface area contributed by atoms with E-state index in [1.807, 2.05) is 10.6 Å². The molecule has 2 heterocycles. The lowest BCUT2D eigenvalue weighted by Gasteiger charge is -2.19. The van der Waals surface area contributed by atoms with Crippen LogP contribution in [0.15, 0.2) is 27.1 Å². The highest BCUT2D eigenvalue weighted by Gasteiger charge is 2.33. The summed E-state index contributed by atoms with van der Waals surface area (Å²) in [5.74, 6) is -0.894. The van der Waals surface area contributed by atoms with Gasteiger partial charge < -0.3 is 5.11 Å². The molecular weight excluding hydrogens is 529 g/mol. The van der Waals surface area contributed by atoms with E-state index in [2.05, 4.69) is 32.2 Å². The average Bonchev–Trinajstić information content (AvgIpc) is 3.24. The van der Waals surface area contributed by atoms with Crippen molar-refractivity contribution in [1.29, 1.82) is 0 Å². The van der Waals surface area contributed by atoms with E-state index in [0.29, 0.717) is 21.3 Å². The van der Waals surface area contributed by atoms with Crippen molar-refractivity contribution in [1.82, 2.24) is 14.8 Å². The van der Waals surface area contributed by atoms with Crippen molar-refractivity contribution in [3.63, 3.8) is 0 Å². The molecule has 160 valence electrons. The molecular formula is C20H20BrCl2N3O2S2. The molecule has 1 atom stereocenters. The Morgan fingerprint density at radius 3 is 2.70 bits per heavy atom. The largest absolute Gasteiger partial charge is 0.480 e. The fraction of sp³-hybridized carbons (Fsp3) is 0.450. The van der Waals surface area contributed by atoms with E-state index in [0.717, 1.165) is 36.3 Å². The summed E-state index contributed by atoms with van der Waals surface area (Å²) < 4.78 is 1.48. The molecule has 5 nitrogen and oxygen atoms in total. The van der Waals surface area contributed by atoms with Crippen LogP contribution in [0.4, 0.5) is 0 Å². The highest BCUT2D eigenvalue weighted by molar-refractivity contribution is 9.10. The fourth-order valence-electron chi connectivity index (χ4n) is 3.59. The van der Waals surface area contributed by atoms with Gasteiger partial charge in [-0.05, 0) is 84.7 Å². The molecule has 0 spiro atoms. The van der Waals surface area contributed by atoms with E-state index in [-0.39, 0.29) is 5.38 Å². The van der Waals surface area contributed by atoms with E-state index in [1.165, 1.54) is 27.8 Å². The van der Waals surface area contributed by atoms with Crippen molar-refractivity contribution >= 4 is 73.8 Å². The molecule has 0 saturated carbocycles. The first kappa shape index (κ1) is 22.4. The Morgan fingerprint density at radius 2 is 2.03 bits per heavy atom. The Hall–Kier alpha value is -0.800. The lowest BCUT2D eigenvalue weighted by atomic mass is 9.90. The number of thioether (sulfide) groups is 1. The number of halogens is 3. The number of aliphatic carboxylic acids is 1. The number of rotatable bonds is 5. The number of hydrogen-bond donors (Lipinski definition) is 1. The maximum absolute atomic E-state index is 11.7. The predicted molar refractivity (Wildman–Crippen MR) is 127 cm³/mol. The van der Waals surface area contributed by atoms with Crippen LogP contribution < -0.4 is 0 Å². The van der Waals surface area contributed by atoms with Crippen LogP contribution >= 0.6 is 62.2 Å². The van der Waals surface area contributed by atoms with Gasteiger partial charge in [-0.3, -0.25) is 9.36 Å². The molecule has 1 N–H and O–H groups in total. The van der Waals surface area contributed by atoms with Gasteiger partial charge in [0, 0.05) is 9.91 Å². The van der Waals surface area contributed by atoms with Gasteiger partial charge >= 0.3 is 5.97 Å². The summed E-state index contributed by atoms with van der Waals surface area (Å²) in [5.41, 5.74) is 3.74. The lowest BCUT2D eigenvalue weighted by Crippen LogP contribution is -2.27. The molecule has 0 aliphatic heterocycles. The number of carboxylic acids is 1. The number of aromatic nitrogens is 3. The van der Waals surface area contributed by atoms with Gasteiger partial charge in [-0.2, -0.15) is 0 Å². The minimum Gasteiger partial charge on any atom is -0.480 e. The van der Waals surface area contributed by atoms with Crippen molar-refractivity contribution in [2.24, 2.45) is 0 Å². The number of thiophene rings is 1. The minimum atomic E-state index is -1.03. The average molecular weight is 549 g/mol. The Morgan fingerprint density at radius 1 is 1.33 bits per heavy atom. The topological polar surface area (TPSA) is 68.0 Å². The second-order valence-electron chi connectivity index (χ2n) is 7.80. The van der Waals surface area contributed by atoms with Crippen LogP contribution in [0, 0.1) is 0 Å². The number of hydrogen-bond acceptors (Lipinski definition) is 5. The van der Waals surface area contributed by atoms with Crippen molar-refractivity contribution < 1.29 is 9.90 Å². The Labute approximate surface area is 201 Å². The second kappa shape index (κ2) is 8.62. The van der Waals surface area contributed by atoms with Gasteiger partial charge in [0.15, 0.2) is 5.16 Å². The number of carboxylic acid groups (broad SMARTS) is 1. The number of allylic oxidation sites excluding steroid dienone is 4. The summed E-state index contributed by atoms with van der Waals surface area (Å²) in [6.07, 6.45) is 9.08. The molecule has 0 aromatic carbocycles. The van der Waals surface area contributed by atoms with Crippen molar-refractivity contribution in [3.05, 3.63) is 37.9 Å². The van der Waals surface area contributed by atoms with E-state index < -0.39 is 10.7 Å². The van der Waals surface area contributed by atoms with Crippen LogP contribution in [0.1, 0.15) is 49.1 Å². The van der Waals surface area contributed by atoms with Crippen LogP contribution in [0.3, 0.4) is 0 Å². The Kier molecular flexibility index (Phi) is 6.43. The van der Waals surface area contributed by atoms with Crippen LogP contribution in [0.5, 0.6) is 0 Å². The molecule has 2 aliphatic rings. The Balaban J connectivity index is 1.83. The molecule has 0 saturated heterocycles. The Bertz CT molecular complexity index is 1070. The van der Waals surface area contributed by atoms with E-state index >= 15 is 0 Å². The minimum absolute atomic E-state index is 0.168. The second-order valence-corrected chi connectivity index (χ2v) is 12.1. The summed E-state index contributed by atoms with van der Waals surface area (Å²) in [5, 5.41) is 20.1. The van der Waals surface area contributed by atoms with Crippen LogP contribution in [-0.4, -0.2) is 36.0 Å². The summed E-state index contributed by atoms with van der Waals surface area (Å²) in [7, 11) is 0. The van der Waals surface area contributed by atoms with Gasteiger partial charge in [-0.15, -0.1) is 33.1 Å². The zero-order chi connectivity index (χ0) is 21.6.